The molecule has 1 atom stereocenters. The van der Waals surface area contributed by atoms with Crippen molar-refractivity contribution < 1.29 is 9.18 Å². The van der Waals surface area contributed by atoms with Crippen molar-refractivity contribution in [1.82, 2.24) is 14.7 Å². The number of carbonyl (C=O) groups is 1. The van der Waals surface area contributed by atoms with Gasteiger partial charge >= 0.3 is 0 Å². The van der Waals surface area contributed by atoms with Crippen molar-refractivity contribution in [2.24, 2.45) is 0 Å². The lowest BCUT2D eigenvalue weighted by Gasteiger charge is -2.37. The summed E-state index contributed by atoms with van der Waals surface area (Å²) in [5, 5.41) is 0.745. The quantitative estimate of drug-likeness (QED) is 0.783. The third kappa shape index (κ3) is 5.06. The van der Waals surface area contributed by atoms with Gasteiger partial charge in [0, 0.05) is 37.7 Å². The molecule has 1 aliphatic heterocycles. The molecule has 0 spiro atoms. The highest BCUT2D eigenvalue weighted by Gasteiger charge is 2.30. The number of carbonyl (C=O) groups excluding carboxylic acids is 1. The van der Waals surface area contributed by atoms with E-state index in [1.165, 1.54) is 17.7 Å². The van der Waals surface area contributed by atoms with E-state index in [1.807, 2.05) is 42.1 Å². The van der Waals surface area contributed by atoms with Crippen molar-refractivity contribution in [3.05, 3.63) is 70.5 Å². The van der Waals surface area contributed by atoms with Crippen molar-refractivity contribution in [3.63, 3.8) is 0 Å². The van der Waals surface area contributed by atoms with Crippen LogP contribution in [0.2, 0.25) is 5.02 Å². The minimum Gasteiger partial charge on any atom is -0.338 e. The second-order valence-corrected chi connectivity index (χ2v) is 7.59. The van der Waals surface area contributed by atoms with Crippen molar-refractivity contribution in [2.75, 3.05) is 40.3 Å². The number of hydrogen-bond acceptors (Lipinski definition) is 3. The summed E-state index contributed by atoms with van der Waals surface area (Å²) in [6, 6.07) is 13.7. The molecule has 144 valence electrons. The maximum absolute atomic E-state index is 13.2. The van der Waals surface area contributed by atoms with E-state index in [0.717, 1.165) is 30.2 Å². The molecule has 1 heterocycles. The molecule has 27 heavy (non-hydrogen) atoms. The molecule has 2 aromatic carbocycles. The first kappa shape index (κ1) is 19.8. The van der Waals surface area contributed by atoms with Gasteiger partial charge in [-0.05, 0) is 49.5 Å². The largest absolute Gasteiger partial charge is 0.338 e. The summed E-state index contributed by atoms with van der Waals surface area (Å²) in [7, 11) is 3.75. The molecule has 1 saturated heterocycles. The Bertz CT molecular complexity index is 773. The lowest BCUT2D eigenvalue weighted by molar-refractivity contribution is -0.138. The van der Waals surface area contributed by atoms with Crippen LogP contribution < -0.4 is 0 Å². The van der Waals surface area contributed by atoms with E-state index in [-0.39, 0.29) is 11.7 Å². The molecule has 0 N–H and O–H groups in total. The maximum Gasteiger partial charge on any atom is 0.244 e. The Hall–Kier alpha value is -1.95. The van der Waals surface area contributed by atoms with Crippen LogP contribution in [0.4, 0.5) is 4.39 Å². The minimum absolute atomic E-state index is 0.0639. The lowest BCUT2D eigenvalue weighted by Crippen LogP contribution is -2.51. The molecular formula is C21H25ClFN3O. The number of likely N-dealkylation sites (N-methyl/N-ethyl adjacent to an activating group) is 1. The van der Waals surface area contributed by atoms with E-state index in [9.17, 15) is 9.18 Å². The topological polar surface area (TPSA) is 26.8 Å². The minimum atomic E-state index is -0.398. The lowest BCUT2D eigenvalue weighted by atomic mass is 10.0. The fourth-order valence-electron chi connectivity index (χ4n) is 3.50. The Kier molecular flexibility index (Phi) is 6.47. The predicted molar refractivity (Wildman–Crippen MR) is 106 cm³/mol. The highest BCUT2D eigenvalue weighted by Crippen LogP contribution is 2.22. The van der Waals surface area contributed by atoms with Gasteiger partial charge in [0.05, 0.1) is 0 Å². The second-order valence-electron chi connectivity index (χ2n) is 7.15. The highest BCUT2D eigenvalue weighted by molar-refractivity contribution is 6.30. The fraction of sp³-hybridized carbons (Fsp3) is 0.381. The van der Waals surface area contributed by atoms with E-state index >= 15 is 0 Å². The summed E-state index contributed by atoms with van der Waals surface area (Å²) in [5.74, 6) is -0.229. The Labute approximate surface area is 165 Å². The third-order valence-corrected chi connectivity index (χ3v) is 5.15. The normalized spacial score (nSPS) is 16.6. The smallest absolute Gasteiger partial charge is 0.244 e. The van der Waals surface area contributed by atoms with Crippen LogP contribution >= 0.6 is 11.6 Å². The standard InChI is InChI=1S/C21H25ClFN3O/c1-24(2)20(17-6-8-19(23)9-7-17)21(27)26-12-10-25(11-13-26)15-16-4-3-5-18(22)14-16/h3-9,14,20H,10-13,15H2,1-2H3. The average molecular weight is 390 g/mol. The summed E-state index contributed by atoms with van der Waals surface area (Å²) in [6.07, 6.45) is 0. The van der Waals surface area contributed by atoms with Gasteiger partial charge in [-0.3, -0.25) is 14.6 Å². The summed E-state index contributed by atoms with van der Waals surface area (Å²) in [6.45, 7) is 3.84. The second kappa shape index (κ2) is 8.83. The molecule has 0 saturated carbocycles. The zero-order chi connectivity index (χ0) is 19.4. The average Bonchev–Trinajstić information content (AvgIpc) is 2.64. The van der Waals surface area contributed by atoms with E-state index in [1.54, 1.807) is 12.1 Å². The van der Waals surface area contributed by atoms with Gasteiger partial charge in [0.2, 0.25) is 5.91 Å². The Balaban J connectivity index is 1.61. The van der Waals surface area contributed by atoms with Gasteiger partial charge in [0.15, 0.2) is 0 Å². The first-order chi connectivity index (χ1) is 12.9. The summed E-state index contributed by atoms with van der Waals surface area (Å²) < 4.78 is 13.2. The number of hydrogen-bond donors (Lipinski definition) is 0. The van der Waals surface area contributed by atoms with Crippen molar-refractivity contribution >= 4 is 17.5 Å². The molecule has 2 aromatic rings. The van der Waals surface area contributed by atoms with Crippen LogP contribution in [0.15, 0.2) is 48.5 Å². The molecule has 1 unspecified atom stereocenters. The molecule has 1 amide bonds. The number of halogens is 2. The molecule has 0 aromatic heterocycles. The number of benzene rings is 2. The SMILES string of the molecule is CN(C)C(C(=O)N1CCN(Cc2cccc(Cl)c2)CC1)c1ccc(F)cc1. The number of amides is 1. The molecule has 1 aliphatic rings. The van der Waals surface area contributed by atoms with Gasteiger partial charge < -0.3 is 4.90 Å². The molecule has 1 fully saturated rings. The summed E-state index contributed by atoms with van der Waals surface area (Å²) >= 11 is 6.06. The van der Waals surface area contributed by atoms with E-state index in [4.69, 9.17) is 11.6 Å². The number of piperazine rings is 1. The van der Waals surface area contributed by atoms with Crippen LogP contribution in [0.5, 0.6) is 0 Å². The van der Waals surface area contributed by atoms with Crippen molar-refractivity contribution in [3.8, 4) is 0 Å². The van der Waals surface area contributed by atoms with Crippen LogP contribution in [-0.4, -0.2) is 60.9 Å². The molecule has 0 bridgehead atoms. The van der Waals surface area contributed by atoms with Crippen LogP contribution in [0.3, 0.4) is 0 Å². The first-order valence-electron chi connectivity index (χ1n) is 9.11. The summed E-state index contributed by atoms with van der Waals surface area (Å²) in [4.78, 5) is 19.2. The predicted octanol–water partition coefficient (Wildman–Crippen LogP) is 3.43. The van der Waals surface area contributed by atoms with E-state index in [0.29, 0.717) is 13.1 Å². The first-order valence-corrected chi connectivity index (χ1v) is 9.49. The molecule has 3 rings (SSSR count). The van der Waals surface area contributed by atoms with Gasteiger partial charge in [-0.2, -0.15) is 0 Å². The summed E-state index contributed by atoms with van der Waals surface area (Å²) in [5.41, 5.74) is 1.99. The molecule has 6 heteroatoms. The van der Waals surface area contributed by atoms with Gasteiger partial charge in [0.1, 0.15) is 11.9 Å². The van der Waals surface area contributed by atoms with Gasteiger partial charge in [-0.1, -0.05) is 35.9 Å². The highest BCUT2D eigenvalue weighted by atomic mass is 35.5. The van der Waals surface area contributed by atoms with Crippen LogP contribution in [0.1, 0.15) is 17.2 Å². The van der Waals surface area contributed by atoms with Gasteiger partial charge in [-0.15, -0.1) is 0 Å². The van der Waals surface area contributed by atoms with E-state index in [2.05, 4.69) is 11.0 Å². The molecule has 0 aliphatic carbocycles. The van der Waals surface area contributed by atoms with Gasteiger partial charge in [-0.25, -0.2) is 4.39 Å². The van der Waals surface area contributed by atoms with E-state index < -0.39 is 6.04 Å². The maximum atomic E-state index is 13.2. The Morgan fingerprint density at radius 2 is 1.78 bits per heavy atom. The fourth-order valence-corrected chi connectivity index (χ4v) is 3.71. The number of rotatable bonds is 5. The molecule has 4 nitrogen and oxygen atoms in total. The molecular weight excluding hydrogens is 365 g/mol. The third-order valence-electron chi connectivity index (χ3n) is 4.92. The van der Waals surface area contributed by atoms with Gasteiger partial charge in [0.25, 0.3) is 0 Å². The monoisotopic (exact) mass is 389 g/mol. The van der Waals surface area contributed by atoms with Crippen molar-refractivity contribution in [1.29, 1.82) is 0 Å². The zero-order valence-corrected chi connectivity index (χ0v) is 16.5. The van der Waals surface area contributed by atoms with Crippen LogP contribution in [-0.2, 0) is 11.3 Å². The Morgan fingerprint density at radius 1 is 1.11 bits per heavy atom. The van der Waals surface area contributed by atoms with Crippen molar-refractivity contribution in [2.45, 2.75) is 12.6 Å². The zero-order valence-electron chi connectivity index (χ0n) is 15.7. The molecule has 0 radical (unpaired) electrons. The number of nitrogens with zero attached hydrogens (tertiary/aromatic N) is 3. The van der Waals surface area contributed by atoms with Crippen LogP contribution in [0, 0.1) is 5.82 Å². The Morgan fingerprint density at radius 3 is 2.37 bits per heavy atom. The van der Waals surface area contributed by atoms with Crippen LogP contribution in [0.25, 0.3) is 0 Å².